The summed E-state index contributed by atoms with van der Waals surface area (Å²) in [6.45, 7) is 0. The molecule has 2 nitrogen and oxygen atoms in total. The number of hydrogen-bond donors (Lipinski definition) is 1. The van der Waals surface area contributed by atoms with E-state index in [0.717, 1.165) is 12.8 Å². The molecule has 3 rings (SSSR count). The van der Waals surface area contributed by atoms with E-state index in [4.69, 9.17) is 11.6 Å². The van der Waals surface area contributed by atoms with Crippen molar-refractivity contribution < 1.29 is 14.3 Å². The fourth-order valence-corrected chi connectivity index (χ4v) is 4.39. The third-order valence-electron chi connectivity index (χ3n) is 4.87. The van der Waals surface area contributed by atoms with Crippen LogP contribution in [-0.4, -0.2) is 11.1 Å². The fraction of sp³-hybridized carbons (Fsp3) is 0.533. The van der Waals surface area contributed by atoms with Crippen LogP contribution in [0.3, 0.4) is 0 Å². The van der Waals surface area contributed by atoms with Gasteiger partial charge in [0.05, 0.1) is 5.41 Å². The zero-order chi connectivity index (χ0) is 13.7. The number of benzene rings is 1. The first-order valence-electron chi connectivity index (χ1n) is 6.67. The van der Waals surface area contributed by atoms with E-state index < -0.39 is 17.2 Å². The van der Waals surface area contributed by atoms with E-state index in [9.17, 15) is 14.3 Å². The average molecular weight is 283 g/mol. The lowest BCUT2D eigenvalue weighted by molar-refractivity contribution is -0.154. The van der Waals surface area contributed by atoms with Gasteiger partial charge in [-0.1, -0.05) is 30.5 Å². The van der Waals surface area contributed by atoms with Crippen LogP contribution in [0.15, 0.2) is 18.2 Å². The highest BCUT2D eigenvalue weighted by Crippen LogP contribution is 2.63. The van der Waals surface area contributed by atoms with Crippen LogP contribution in [0.5, 0.6) is 0 Å². The summed E-state index contributed by atoms with van der Waals surface area (Å²) in [6.07, 6.45) is 5.88. The van der Waals surface area contributed by atoms with E-state index in [1.165, 1.54) is 31.0 Å². The van der Waals surface area contributed by atoms with Crippen LogP contribution in [0.2, 0.25) is 5.02 Å². The van der Waals surface area contributed by atoms with E-state index in [1.807, 2.05) is 0 Å². The Balaban J connectivity index is 1.97. The minimum absolute atomic E-state index is 0.191. The van der Waals surface area contributed by atoms with Crippen molar-refractivity contribution in [1.82, 2.24) is 0 Å². The summed E-state index contributed by atoms with van der Waals surface area (Å²) in [5, 5.41) is 9.85. The van der Waals surface area contributed by atoms with Gasteiger partial charge < -0.3 is 5.11 Å². The third kappa shape index (κ3) is 1.86. The summed E-state index contributed by atoms with van der Waals surface area (Å²) in [4.78, 5) is 11.7. The van der Waals surface area contributed by atoms with Crippen LogP contribution in [-0.2, 0) is 10.2 Å². The van der Waals surface area contributed by atoms with Crippen LogP contribution in [0.4, 0.5) is 4.39 Å². The van der Waals surface area contributed by atoms with Crippen LogP contribution in [0.25, 0.3) is 0 Å². The molecular weight excluding hydrogens is 267 g/mol. The van der Waals surface area contributed by atoms with Crippen molar-refractivity contribution in [2.24, 2.45) is 5.41 Å². The number of carboxylic acid groups (broad SMARTS) is 1. The lowest BCUT2D eigenvalue weighted by atomic mass is 9.49. The van der Waals surface area contributed by atoms with Crippen molar-refractivity contribution in [1.29, 1.82) is 0 Å². The Morgan fingerprint density at radius 3 is 2.42 bits per heavy atom. The first-order chi connectivity index (χ1) is 8.97. The summed E-state index contributed by atoms with van der Waals surface area (Å²) in [5.41, 5.74) is -0.147. The zero-order valence-corrected chi connectivity index (χ0v) is 11.3. The summed E-state index contributed by atoms with van der Waals surface area (Å²) in [7, 11) is 0. The molecule has 1 N–H and O–H groups in total. The molecule has 0 bridgehead atoms. The van der Waals surface area contributed by atoms with Crippen LogP contribution in [0, 0.1) is 11.2 Å². The highest BCUT2D eigenvalue weighted by Gasteiger charge is 2.60. The third-order valence-corrected chi connectivity index (χ3v) is 5.19. The monoisotopic (exact) mass is 282 g/mol. The largest absolute Gasteiger partial charge is 0.481 e. The predicted octanol–water partition coefficient (Wildman–Crippen LogP) is 4.16. The number of rotatable bonds is 2. The Morgan fingerprint density at radius 1 is 1.26 bits per heavy atom. The molecule has 2 saturated carbocycles. The average Bonchev–Trinajstić information content (AvgIpc) is 2.75. The lowest BCUT2D eigenvalue weighted by Crippen LogP contribution is -2.53. The van der Waals surface area contributed by atoms with E-state index in [2.05, 4.69) is 0 Å². The second kappa shape index (κ2) is 4.20. The normalized spacial score (nSPS) is 23.3. The summed E-state index contributed by atoms with van der Waals surface area (Å²) < 4.78 is 13.1. The van der Waals surface area contributed by atoms with Crippen molar-refractivity contribution in [2.75, 3.05) is 0 Å². The maximum absolute atomic E-state index is 13.1. The number of carboxylic acids is 1. The number of hydrogen-bond acceptors (Lipinski definition) is 1. The van der Waals surface area contributed by atoms with Gasteiger partial charge in [0.2, 0.25) is 0 Å². The van der Waals surface area contributed by atoms with Gasteiger partial charge in [0.1, 0.15) is 5.82 Å². The van der Waals surface area contributed by atoms with E-state index in [-0.39, 0.29) is 10.4 Å². The second-order valence-corrected chi connectivity index (χ2v) is 6.48. The molecule has 0 amide bonds. The molecule has 0 aromatic heterocycles. The smallest absolute Gasteiger partial charge is 0.314 e. The Hall–Kier alpha value is -1.09. The van der Waals surface area contributed by atoms with Crippen LogP contribution in [0.1, 0.15) is 44.1 Å². The molecule has 2 fully saturated rings. The van der Waals surface area contributed by atoms with Crippen molar-refractivity contribution in [2.45, 2.75) is 43.9 Å². The fourth-order valence-electron chi connectivity index (χ4n) is 4.04. The van der Waals surface area contributed by atoms with Gasteiger partial charge in [0, 0.05) is 5.02 Å². The summed E-state index contributed by atoms with van der Waals surface area (Å²) in [5.74, 6) is -1.26. The first kappa shape index (κ1) is 12.9. The van der Waals surface area contributed by atoms with E-state index in [1.54, 1.807) is 0 Å². The molecule has 2 aliphatic carbocycles. The molecular formula is C15H16ClFO2. The predicted molar refractivity (Wildman–Crippen MR) is 70.9 cm³/mol. The van der Waals surface area contributed by atoms with Crippen LogP contribution >= 0.6 is 11.6 Å². The minimum atomic E-state index is -0.908. The lowest BCUT2D eigenvalue weighted by Gasteiger charge is -2.53. The van der Waals surface area contributed by atoms with Gasteiger partial charge in [-0.25, -0.2) is 4.39 Å². The Labute approximate surface area is 116 Å². The van der Waals surface area contributed by atoms with Crippen molar-refractivity contribution in [3.63, 3.8) is 0 Å². The standard InChI is InChI=1S/C15H16ClFO2/c16-12-7-10(17)3-4-11(12)15(13(18)19)8-14(9-15)5-1-2-6-14/h3-4,7H,1-2,5-6,8-9H2,(H,18,19). The molecule has 1 spiro atoms. The molecule has 0 unspecified atom stereocenters. The van der Waals surface area contributed by atoms with Gasteiger partial charge in [-0.15, -0.1) is 0 Å². The first-order valence-corrected chi connectivity index (χ1v) is 7.04. The quantitative estimate of drug-likeness (QED) is 0.884. The van der Waals surface area contributed by atoms with E-state index >= 15 is 0 Å². The molecule has 102 valence electrons. The molecule has 0 aliphatic heterocycles. The molecule has 4 heteroatoms. The zero-order valence-electron chi connectivity index (χ0n) is 10.6. The van der Waals surface area contributed by atoms with Crippen LogP contribution < -0.4 is 0 Å². The maximum atomic E-state index is 13.1. The second-order valence-electron chi connectivity index (χ2n) is 6.07. The maximum Gasteiger partial charge on any atom is 0.314 e. The van der Waals surface area contributed by atoms with Gasteiger partial charge >= 0.3 is 5.97 Å². The van der Waals surface area contributed by atoms with Gasteiger partial charge in [-0.05, 0) is 48.8 Å². The highest BCUT2D eigenvalue weighted by atomic mass is 35.5. The van der Waals surface area contributed by atoms with E-state index in [0.29, 0.717) is 18.4 Å². The van der Waals surface area contributed by atoms with Crippen molar-refractivity contribution in [3.8, 4) is 0 Å². The molecule has 0 radical (unpaired) electrons. The molecule has 0 atom stereocenters. The SMILES string of the molecule is O=C(O)C1(c2ccc(F)cc2Cl)CC2(CCCC2)C1. The molecule has 0 heterocycles. The van der Waals surface area contributed by atoms with Gasteiger partial charge in [-0.2, -0.15) is 0 Å². The Kier molecular flexibility index (Phi) is 2.86. The van der Waals surface area contributed by atoms with Crippen molar-refractivity contribution >= 4 is 17.6 Å². The molecule has 2 aliphatic rings. The Bertz CT molecular complexity index is 527. The Morgan fingerprint density at radius 2 is 1.89 bits per heavy atom. The number of aliphatic carboxylic acids is 1. The summed E-state index contributed by atoms with van der Waals surface area (Å²) in [6, 6.07) is 4.04. The molecule has 1 aromatic rings. The topological polar surface area (TPSA) is 37.3 Å². The van der Waals surface area contributed by atoms with Gasteiger partial charge in [0.15, 0.2) is 0 Å². The van der Waals surface area contributed by atoms with Gasteiger partial charge in [-0.3, -0.25) is 4.79 Å². The summed E-state index contributed by atoms with van der Waals surface area (Å²) >= 11 is 6.06. The highest BCUT2D eigenvalue weighted by molar-refractivity contribution is 6.31. The van der Waals surface area contributed by atoms with Crippen molar-refractivity contribution in [3.05, 3.63) is 34.6 Å². The number of halogens is 2. The molecule has 0 saturated heterocycles. The van der Waals surface area contributed by atoms with Gasteiger partial charge in [0.25, 0.3) is 0 Å². The minimum Gasteiger partial charge on any atom is -0.481 e. The molecule has 19 heavy (non-hydrogen) atoms. The molecule has 1 aromatic carbocycles. The number of carbonyl (C=O) groups is 1.